The maximum Gasteiger partial charge on any atom is 0.338 e. The van der Waals surface area contributed by atoms with Crippen LogP contribution in [0.5, 0.6) is 0 Å². The van der Waals surface area contributed by atoms with Gasteiger partial charge in [-0.1, -0.05) is 194 Å². The van der Waals surface area contributed by atoms with Crippen LogP contribution in [-0.4, -0.2) is 178 Å². The normalized spacial score (nSPS) is 32.7. The Morgan fingerprint density at radius 1 is 0.394 bits per heavy atom. The second kappa shape index (κ2) is 39.2. The van der Waals surface area contributed by atoms with Crippen molar-refractivity contribution in [3.05, 3.63) is 227 Å². The number of hydrogen-bond acceptors (Lipinski definition) is 26. The first kappa shape index (κ1) is 92.7. The number of benzene rings is 6. The Balaban J connectivity index is 0.902. The fourth-order valence-electron chi connectivity index (χ4n) is 21.8. The van der Waals surface area contributed by atoms with Crippen LogP contribution in [0.15, 0.2) is 194 Å². The van der Waals surface area contributed by atoms with E-state index in [4.69, 9.17) is 75.8 Å². The van der Waals surface area contributed by atoms with Crippen LogP contribution in [0.1, 0.15) is 200 Å². The van der Waals surface area contributed by atoms with Crippen molar-refractivity contribution >= 4 is 59.6 Å². The van der Waals surface area contributed by atoms with E-state index in [1.165, 1.54) is 61.0 Å². The zero-order chi connectivity index (χ0) is 90.3. The van der Waals surface area contributed by atoms with Crippen molar-refractivity contribution in [2.75, 3.05) is 19.8 Å². The van der Waals surface area contributed by atoms with Crippen LogP contribution in [0, 0.1) is 50.2 Å². The molecule has 678 valence electrons. The number of hydrogen-bond donors (Lipinski definition) is 1. The first-order chi connectivity index (χ1) is 60.7. The Hall–Kier alpha value is -10.5. The molecule has 4 saturated carbocycles. The van der Waals surface area contributed by atoms with Crippen molar-refractivity contribution in [1.29, 1.82) is 0 Å². The molecule has 5 aliphatic carbocycles. The van der Waals surface area contributed by atoms with Gasteiger partial charge in [0.25, 0.3) is 0 Å². The molecule has 8 aliphatic rings. The third-order valence-electron chi connectivity index (χ3n) is 28.2. The summed E-state index contributed by atoms with van der Waals surface area (Å²) < 4.78 is 107. The molecule has 1 amide bonds. The molecule has 0 bridgehead atoms. The van der Waals surface area contributed by atoms with Crippen LogP contribution in [0.3, 0.4) is 0 Å². The minimum atomic E-state index is -2.16. The third kappa shape index (κ3) is 20.2. The lowest BCUT2D eigenvalue weighted by molar-refractivity contribution is -0.380. The van der Waals surface area contributed by atoms with Gasteiger partial charge in [0.2, 0.25) is 5.91 Å². The van der Waals surface area contributed by atoms with Gasteiger partial charge in [-0.3, -0.25) is 28.8 Å². The summed E-state index contributed by atoms with van der Waals surface area (Å²) in [6, 6.07) is 48.7. The summed E-state index contributed by atoms with van der Waals surface area (Å²) >= 11 is 0. The number of esters is 9. The number of carbonyl (C=O) groups is 10. The van der Waals surface area contributed by atoms with E-state index in [-0.39, 0.29) is 80.9 Å². The van der Waals surface area contributed by atoms with Gasteiger partial charge in [0.15, 0.2) is 55.5 Å². The van der Waals surface area contributed by atoms with Gasteiger partial charge in [0, 0.05) is 34.6 Å². The van der Waals surface area contributed by atoms with Crippen molar-refractivity contribution in [2.45, 2.75) is 259 Å². The fourth-order valence-corrected chi connectivity index (χ4v) is 21.8. The van der Waals surface area contributed by atoms with E-state index in [1.807, 2.05) is 60.7 Å². The fraction of sp³-hybridized carbons (Fsp3) is 0.520. The molecule has 27 heteroatoms. The van der Waals surface area contributed by atoms with E-state index in [2.05, 4.69) is 59.9 Å². The van der Waals surface area contributed by atoms with Gasteiger partial charge >= 0.3 is 53.7 Å². The van der Waals surface area contributed by atoms with Gasteiger partial charge in [-0.25, -0.2) is 19.2 Å². The van der Waals surface area contributed by atoms with Crippen molar-refractivity contribution in [1.82, 2.24) is 5.32 Å². The van der Waals surface area contributed by atoms with Crippen molar-refractivity contribution in [3.8, 4) is 0 Å². The first-order valence-electron chi connectivity index (χ1n) is 44.1. The van der Waals surface area contributed by atoms with E-state index >= 15 is 14.4 Å². The maximum atomic E-state index is 15.4. The minimum absolute atomic E-state index is 0.0128. The van der Waals surface area contributed by atoms with Gasteiger partial charge < -0.3 is 81.1 Å². The van der Waals surface area contributed by atoms with Crippen molar-refractivity contribution < 1.29 is 124 Å². The molecule has 1 N–H and O–H groups in total. The lowest BCUT2D eigenvalue weighted by Gasteiger charge is -2.71. The molecule has 0 radical (unpaired) electrons. The lowest BCUT2D eigenvalue weighted by Crippen LogP contribution is -2.71. The van der Waals surface area contributed by atoms with E-state index in [0.717, 1.165) is 78.2 Å². The van der Waals surface area contributed by atoms with Crippen LogP contribution >= 0.6 is 0 Å². The zero-order valence-electron chi connectivity index (χ0n) is 74.1. The molecular formula is C100H117NO26. The predicted molar refractivity (Wildman–Crippen MR) is 457 cm³/mol. The molecule has 14 rings (SSSR count). The third-order valence-corrected chi connectivity index (χ3v) is 28.2. The highest BCUT2D eigenvalue weighted by atomic mass is 16.8. The zero-order valence-corrected chi connectivity index (χ0v) is 74.1. The topological polar surface area (TPSA) is 330 Å². The van der Waals surface area contributed by atoms with Crippen LogP contribution in [0.25, 0.3) is 0 Å². The van der Waals surface area contributed by atoms with Crippen LogP contribution in [-0.2, 0) is 118 Å². The Morgan fingerprint density at radius 3 is 1.37 bits per heavy atom. The predicted octanol–water partition coefficient (Wildman–Crippen LogP) is 14.5. The highest BCUT2D eigenvalue weighted by molar-refractivity contribution is 5.92. The SMILES string of the molecule is CC(=O)N[C@H]1[C@H](O[C@H]2CC[C@]3(C)[C@H]4CC=C5[C@H]6CC(C)(C)CC[C@]6(C(=O)OCc6ccccc6)CC[C@@]5(C)[C@]4(C)CC[C@H]3C2(C)C)O[C@H](COCc2ccccc2)[C@@H](O[C@@H]2O[C@H](COC(C)=O)[C@@H](OC(C)=O)[C@H](OC(C)=O)[C@H]2OC(C)=O)[C@@H]1O[C@@H]1O[C@H](COC(=O)c2ccccc2)[C@@H](OC(=O)c2ccccc2)[C@H](OC(=O)c2ccccc2)[C@H]1OC(=O)c1ccccc1. The van der Waals surface area contributed by atoms with Crippen LogP contribution in [0.2, 0.25) is 0 Å². The molecule has 0 unspecified atom stereocenters. The van der Waals surface area contributed by atoms with Gasteiger partial charge in [0.05, 0.1) is 47.0 Å². The first-order valence-corrected chi connectivity index (χ1v) is 44.1. The highest BCUT2D eigenvalue weighted by Gasteiger charge is 2.71. The number of rotatable bonds is 28. The van der Waals surface area contributed by atoms with Crippen LogP contribution < -0.4 is 5.32 Å². The number of nitrogens with one attached hydrogen (secondary N) is 1. The van der Waals surface area contributed by atoms with E-state index in [9.17, 15) is 33.6 Å². The molecule has 3 saturated heterocycles. The van der Waals surface area contributed by atoms with Crippen molar-refractivity contribution in [2.24, 2.45) is 50.2 Å². The van der Waals surface area contributed by atoms with E-state index < -0.39 is 182 Å². The van der Waals surface area contributed by atoms with Gasteiger partial charge in [-0.15, -0.1) is 0 Å². The average Bonchev–Trinajstić information content (AvgIpc) is 0.673. The van der Waals surface area contributed by atoms with Crippen molar-refractivity contribution in [3.63, 3.8) is 0 Å². The summed E-state index contributed by atoms with van der Waals surface area (Å²) in [6.07, 6.45) is -16.3. The Bertz CT molecular complexity index is 4920. The number of ether oxygens (including phenoxy) is 16. The number of fused-ring (bicyclic) bond motifs is 7. The number of allylic oxidation sites excluding steroid dienone is 2. The summed E-state index contributed by atoms with van der Waals surface area (Å²) in [7, 11) is 0. The maximum absolute atomic E-state index is 15.4. The smallest absolute Gasteiger partial charge is 0.338 e. The molecule has 23 atom stereocenters. The molecule has 6 aromatic rings. The summed E-state index contributed by atoms with van der Waals surface area (Å²) in [5.41, 5.74) is 0.888. The summed E-state index contributed by atoms with van der Waals surface area (Å²) in [5.74, 6) is -8.26. The molecule has 0 aromatic heterocycles. The molecule has 3 aliphatic heterocycles. The van der Waals surface area contributed by atoms with Gasteiger partial charge in [-0.05, 0) is 169 Å². The van der Waals surface area contributed by atoms with Gasteiger partial charge in [-0.2, -0.15) is 0 Å². The lowest BCUT2D eigenvalue weighted by atomic mass is 9.33. The Morgan fingerprint density at radius 2 is 0.835 bits per heavy atom. The van der Waals surface area contributed by atoms with E-state index in [0.29, 0.717) is 24.8 Å². The summed E-state index contributed by atoms with van der Waals surface area (Å²) in [4.78, 5) is 143. The quantitative estimate of drug-likeness (QED) is 0.0206. The number of amides is 1. The van der Waals surface area contributed by atoms with Crippen LogP contribution in [0.4, 0.5) is 0 Å². The Kier molecular flexibility index (Phi) is 28.6. The molecule has 6 aromatic carbocycles. The molecule has 0 spiro atoms. The highest BCUT2D eigenvalue weighted by Crippen LogP contribution is 2.76. The largest absolute Gasteiger partial charge is 0.463 e. The number of carbonyl (C=O) groups excluding carboxylic acids is 10. The van der Waals surface area contributed by atoms with E-state index in [1.54, 1.807) is 72.8 Å². The molecule has 127 heavy (non-hydrogen) atoms. The standard InChI is InChI=1S/C100H117NO26/c1-59(102)101-78-82(127-93-86(125-90(110)69-41-29-18-30-42-69)84(124-89(109)68-39-27-17-28-40-68)81(123-88(108)67-37-25-16-26-38-67)74(121-93)58-114-87(107)66-35-23-15-24-36-66)79(126-92-85(118-63(5)106)83(117-62(4)105)80(116-61(3)104)73(120-92)57-113-60(2)103)72(56-112-54-64-31-19-13-20-32-64)119-91(78)122-77-46-47-97(10)75(96(77,8)9)45-48-99(12)76(97)44-43-70-71-53-95(6,7)49-51-100(71,52-50-98(70,99)11)94(111)115-55-65-33-21-14-22-34-65/h13-43,71-86,91-93H,44-58H2,1-12H3,(H,101,102)/t71-,72-,73-,74-,75+,76-,77+,78-,79-,80-,81-,82-,83+,84+,85-,86-,91+,92+,93+,97+,98-,99-,100+/m1/s1. The molecule has 27 nitrogen and oxygen atoms in total. The second-order valence-corrected chi connectivity index (χ2v) is 37.2. The second-order valence-electron chi connectivity index (χ2n) is 37.2. The average molecular weight is 1750 g/mol. The Labute approximate surface area is 740 Å². The molecular weight excluding hydrogens is 1630 g/mol. The molecule has 3 heterocycles. The van der Waals surface area contributed by atoms with Gasteiger partial charge in [0.1, 0.15) is 56.4 Å². The molecule has 7 fully saturated rings. The monoisotopic (exact) mass is 1750 g/mol. The minimum Gasteiger partial charge on any atom is -0.463 e. The summed E-state index contributed by atoms with van der Waals surface area (Å²) in [5, 5.41) is 3.09. The summed E-state index contributed by atoms with van der Waals surface area (Å²) in [6.45, 7) is 20.3.